The lowest BCUT2D eigenvalue weighted by Gasteiger charge is -2.22. The van der Waals surface area contributed by atoms with Gasteiger partial charge in [0.15, 0.2) is 0 Å². The van der Waals surface area contributed by atoms with Crippen molar-refractivity contribution in [3.05, 3.63) is 49.5 Å². The molecule has 0 aromatic carbocycles. The summed E-state index contributed by atoms with van der Waals surface area (Å²) in [4.78, 5) is 38.2. The SMILES string of the molecule is Cc1nc(C)c(Cc2cc(=O)[nH]c(NCC3CCOCC3)n2)c(=O)[nH]1. The fraction of sp³-hybridized carbons (Fsp3) is 0.529. The third-order valence-electron chi connectivity index (χ3n) is 4.39. The van der Waals surface area contributed by atoms with Crippen molar-refractivity contribution in [1.82, 2.24) is 19.9 Å². The Morgan fingerprint density at radius 1 is 1.20 bits per heavy atom. The average molecular weight is 345 g/mol. The molecule has 3 N–H and O–H groups in total. The van der Waals surface area contributed by atoms with Crippen molar-refractivity contribution >= 4 is 5.95 Å². The fourth-order valence-electron chi connectivity index (χ4n) is 3.01. The molecule has 0 amide bonds. The molecule has 3 rings (SSSR count). The number of ether oxygens (including phenoxy) is 1. The first-order valence-corrected chi connectivity index (χ1v) is 8.49. The highest BCUT2D eigenvalue weighted by Gasteiger charge is 2.14. The van der Waals surface area contributed by atoms with E-state index in [4.69, 9.17) is 4.74 Å². The van der Waals surface area contributed by atoms with Crippen molar-refractivity contribution in [2.75, 3.05) is 25.1 Å². The van der Waals surface area contributed by atoms with Crippen LogP contribution in [0.4, 0.5) is 5.95 Å². The summed E-state index contributed by atoms with van der Waals surface area (Å²) in [7, 11) is 0. The number of hydrogen-bond donors (Lipinski definition) is 3. The van der Waals surface area contributed by atoms with Gasteiger partial charge in [-0.2, -0.15) is 0 Å². The summed E-state index contributed by atoms with van der Waals surface area (Å²) in [5, 5.41) is 3.20. The number of nitrogens with one attached hydrogen (secondary N) is 3. The summed E-state index contributed by atoms with van der Waals surface area (Å²) in [6.07, 6.45) is 2.27. The van der Waals surface area contributed by atoms with Gasteiger partial charge in [0.2, 0.25) is 5.95 Å². The number of H-pyrrole nitrogens is 2. The Hall–Kier alpha value is -2.48. The molecule has 0 bridgehead atoms. The second-order valence-corrected chi connectivity index (χ2v) is 6.41. The summed E-state index contributed by atoms with van der Waals surface area (Å²) in [5.74, 6) is 1.51. The molecule has 0 unspecified atom stereocenters. The number of anilines is 1. The van der Waals surface area contributed by atoms with Gasteiger partial charge in [0.1, 0.15) is 5.82 Å². The Balaban J connectivity index is 1.75. The first-order valence-electron chi connectivity index (χ1n) is 8.49. The topological polar surface area (TPSA) is 113 Å². The van der Waals surface area contributed by atoms with Gasteiger partial charge in [-0.15, -0.1) is 0 Å². The Kier molecular flexibility index (Phi) is 5.28. The molecule has 0 aliphatic carbocycles. The van der Waals surface area contributed by atoms with Crippen LogP contribution in [0.25, 0.3) is 0 Å². The Morgan fingerprint density at radius 3 is 2.68 bits per heavy atom. The number of aromatic nitrogens is 4. The highest BCUT2D eigenvalue weighted by Crippen LogP contribution is 2.15. The minimum Gasteiger partial charge on any atom is -0.381 e. The third-order valence-corrected chi connectivity index (χ3v) is 4.39. The van der Waals surface area contributed by atoms with Gasteiger partial charge in [-0.3, -0.25) is 14.6 Å². The van der Waals surface area contributed by atoms with Crippen molar-refractivity contribution in [3.8, 4) is 0 Å². The Bertz CT molecular complexity index is 852. The Morgan fingerprint density at radius 2 is 1.96 bits per heavy atom. The molecule has 0 radical (unpaired) electrons. The average Bonchev–Trinajstić information content (AvgIpc) is 2.57. The predicted octanol–water partition coefficient (Wildman–Crippen LogP) is 0.899. The van der Waals surface area contributed by atoms with E-state index in [0.717, 1.165) is 32.6 Å². The largest absolute Gasteiger partial charge is 0.381 e. The molecule has 0 atom stereocenters. The van der Waals surface area contributed by atoms with E-state index in [9.17, 15) is 9.59 Å². The van der Waals surface area contributed by atoms with Crippen molar-refractivity contribution in [2.45, 2.75) is 33.1 Å². The van der Waals surface area contributed by atoms with Crippen LogP contribution in [-0.2, 0) is 11.2 Å². The van der Waals surface area contributed by atoms with E-state index in [2.05, 4.69) is 25.3 Å². The number of aromatic amines is 2. The molecule has 134 valence electrons. The molecular weight excluding hydrogens is 322 g/mol. The van der Waals surface area contributed by atoms with Crippen LogP contribution in [0.3, 0.4) is 0 Å². The maximum Gasteiger partial charge on any atom is 0.254 e. The third kappa shape index (κ3) is 4.54. The zero-order chi connectivity index (χ0) is 17.8. The van der Waals surface area contributed by atoms with Gasteiger partial charge >= 0.3 is 0 Å². The second kappa shape index (κ2) is 7.60. The van der Waals surface area contributed by atoms with Crippen LogP contribution in [0.2, 0.25) is 0 Å². The lowest BCUT2D eigenvalue weighted by molar-refractivity contribution is 0.0699. The van der Waals surface area contributed by atoms with Crippen LogP contribution in [0.5, 0.6) is 0 Å². The minimum absolute atomic E-state index is 0.191. The van der Waals surface area contributed by atoms with Crippen LogP contribution >= 0.6 is 0 Å². The zero-order valence-corrected chi connectivity index (χ0v) is 14.5. The van der Waals surface area contributed by atoms with Gasteiger partial charge in [0, 0.05) is 43.5 Å². The Labute approximate surface area is 145 Å². The molecule has 8 nitrogen and oxygen atoms in total. The van der Waals surface area contributed by atoms with Gasteiger partial charge in [-0.1, -0.05) is 0 Å². The molecule has 1 fully saturated rings. The first kappa shape index (κ1) is 17.3. The number of rotatable bonds is 5. The molecule has 0 spiro atoms. The monoisotopic (exact) mass is 345 g/mol. The van der Waals surface area contributed by atoms with Crippen LogP contribution in [0.15, 0.2) is 15.7 Å². The van der Waals surface area contributed by atoms with Crippen molar-refractivity contribution < 1.29 is 4.74 Å². The normalized spacial score (nSPS) is 15.3. The summed E-state index contributed by atoms with van der Waals surface area (Å²) in [6.45, 7) is 5.82. The van der Waals surface area contributed by atoms with Crippen LogP contribution in [-0.4, -0.2) is 39.7 Å². The fourth-order valence-corrected chi connectivity index (χ4v) is 3.01. The second-order valence-electron chi connectivity index (χ2n) is 6.41. The molecule has 1 aliphatic heterocycles. The summed E-state index contributed by atoms with van der Waals surface area (Å²) in [6, 6.07) is 1.42. The quantitative estimate of drug-likeness (QED) is 0.742. The van der Waals surface area contributed by atoms with Crippen molar-refractivity contribution in [2.24, 2.45) is 5.92 Å². The molecule has 1 saturated heterocycles. The van der Waals surface area contributed by atoms with E-state index in [0.29, 0.717) is 34.6 Å². The summed E-state index contributed by atoms with van der Waals surface area (Å²) >= 11 is 0. The van der Waals surface area contributed by atoms with E-state index in [1.165, 1.54) is 6.07 Å². The van der Waals surface area contributed by atoms with Crippen LogP contribution in [0.1, 0.15) is 35.6 Å². The zero-order valence-electron chi connectivity index (χ0n) is 14.5. The molecule has 1 aliphatic rings. The maximum absolute atomic E-state index is 12.1. The number of hydrogen-bond acceptors (Lipinski definition) is 6. The van der Waals surface area contributed by atoms with E-state index < -0.39 is 0 Å². The molecule has 8 heteroatoms. The van der Waals surface area contributed by atoms with E-state index >= 15 is 0 Å². The van der Waals surface area contributed by atoms with E-state index in [-0.39, 0.29) is 17.5 Å². The lowest BCUT2D eigenvalue weighted by atomic mass is 10.0. The van der Waals surface area contributed by atoms with Gasteiger partial charge < -0.3 is 15.0 Å². The number of nitrogens with zero attached hydrogens (tertiary/aromatic N) is 2. The van der Waals surface area contributed by atoms with Crippen LogP contribution < -0.4 is 16.4 Å². The van der Waals surface area contributed by atoms with E-state index in [1.54, 1.807) is 13.8 Å². The summed E-state index contributed by atoms with van der Waals surface area (Å²) in [5.41, 5.74) is 1.29. The van der Waals surface area contributed by atoms with Gasteiger partial charge in [0.25, 0.3) is 11.1 Å². The summed E-state index contributed by atoms with van der Waals surface area (Å²) < 4.78 is 5.35. The first-order chi connectivity index (χ1) is 12.0. The van der Waals surface area contributed by atoms with Crippen molar-refractivity contribution in [3.63, 3.8) is 0 Å². The van der Waals surface area contributed by atoms with E-state index in [1.807, 2.05) is 0 Å². The molecule has 25 heavy (non-hydrogen) atoms. The van der Waals surface area contributed by atoms with Gasteiger partial charge in [0.05, 0.1) is 5.69 Å². The van der Waals surface area contributed by atoms with Crippen LogP contribution in [0, 0.1) is 19.8 Å². The predicted molar refractivity (Wildman–Crippen MR) is 94.0 cm³/mol. The highest BCUT2D eigenvalue weighted by molar-refractivity contribution is 5.29. The standard InChI is InChI=1S/C17H23N5O3/c1-10-14(16(24)20-11(2)19-10)7-13-8-15(23)22-17(21-13)18-9-12-3-5-25-6-4-12/h8,12H,3-7,9H2,1-2H3,(H,19,20,24)(H2,18,21,22,23). The smallest absolute Gasteiger partial charge is 0.254 e. The minimum atomic E-state index is -0.242. The molecular formula is C17H23N5O3. The molecule has 3 heterocycles. The number of aryl methyl sites for hydroxylation is 2. The highest BCUT2D eigenvalue weighted by atomic mass is 16.5. The van der Waals surface area contributed by atoms with Gasteiger partial charge in [-0.25, -0.2) is 9.97 Å². The molecule has 2 aromatic heterocycles. The molecule has 0 saturated carbocycles. The van der Waals surface area contributed by atoms with Gasteiger partial charge in [-0.05, 0) is 32.6 Å². The maximum atomic E-state index is 12.1. The lowest BCUT2D eigenvalue weighted by Crippen LogP contribution is -2.25. The van der Waals surface area contributed by atoms with Crippen molar-refractivity contribution in [1.29, 1.82) is 0 Å². The molecule has 2 aromatic rings.